The van der Waals surface area contributed by atoms with Gasteiger partial charge in [-0.25, -0.2) is 4.39 Å². The molecule has 2 heteroatoms. The van der Waals surface area contributed by atoms with Crippen molar-refractivity contribution in [1.82, 2.24) is 0 Å². The molecular weight excluding hydrogens is 203 g/mol. The van der Waals surface area contributed by atoms with E-state index in [2.05, 4.69) is 6.92 Å². The summed E-state index contributed by atoms with van der Waals surface area (Å²) >= 11 is 0. The van der Waals surface area contributed by atoms with Gasteiger partial charge in [0, 0.05) is 12.3 Å². The number of Topliss-reactive ketones (excluding diaryl/α,β-unsaturated/α-hetero) is 1. The minimum Gasteiger partial charge on any atom is -0.299 e. The van der Waals surface area contributed by atoms with Gasteiger partial charge in [-0.05, 0) is 36.6 Å². The lowest BCUT2D eigenvalue weighted by molar-refractivity contribution is -0.121. The van der Waals surface area contributed by atoms with Gasteiger partial charge >= 0.3 is 0 Å². The second-order valence-corrected chi connectivity index (χ2v) is 4.40. The monoisotopic (exact) mass is 222 g/mol. The molecule has 0 N–H and O–H groups in total. The average Bonchev–Trinajstić information content (AvgIpc) is 2.22. The number of hydrogen-bond acceptors (Lipinski definition) is 1. The molecule has 0 saturated heterocycles. The molecule has 0 bridgehead atoms. The summed E-state index contributed by atoms with van der Waals surface area (Å²) in [6.45, 7) is 5.88. The highest BCUT2D eigenvalue weighted by molar-refractivity contribution is 5.83. The van der Waals surface area contributed by atoms with Crippen LogP contribution in [0.2, 0.25) is 0 Å². The Balaban J connectivity index is 2.69. The van der Waals surface area contributed by atoms with Gasteiger partial charge in [-0.3, -0.25) is 4.79 Å². The van der Waals surface area contributed by atoms with Crippen molar-refractivity contribution in [2.24, 2.45) is 5.92 Å². The molecule has 0 aliphatic rings. The van der Waals surface area contributed by atoms with E-state index in [9.17, 15) is 9.18 Å². The molecule has 0 heterocycles. The first-order valence-electron chi connectivity index (χ1n) is 5.82. The Labute approximate surface area is 96.7 Å². The Morgan fingerprint density at radius 1 is 1.44 bits per heavy atom. The van der Waals surface area contributed by atoms with E-state index in [1.165, 1.54) is 12.1 Å². The molecule has 0 fully saturated rings. The zero-order chi connectivity index (χ0) is 12.1. The fourth-order valence-electron chi connectivity index (χ4n) is 1.81. The van der Waals surface area contributed by atoms with Crippen LogP contribution in [0.25, 0.3) is 0 Å². The third kappa shape index (κ3) is 3.44. The van der Waals surface area contributed by atoms with Crippen molar-refractivity contribution in [3.63, 3.8) is 0 Å². The van der Waals surface area contributed by atoms with E-state index in [4.69, 9.17) is 0 Å². The van der Waals surface area contributed by atoms with Crippen LogP contribution in [0.5, 0.6) is 0 Å². The zero-order valence-electron chi connectivity index (χ0n) is 10.2. The van der Waals surface area contributed by atoms with E-state index in [0.29, 0.717) is 6.42 Å². The average molecular weight is 222 g/mol. The summed E-state index contributed by atoms with van der Waals surface area (Å²) in [6.07, 6.45) is 2.38. The van der Waals surface area contributed by atoms with E-state index in [1.807, 2.05) is 13.8 Å². The molecular formula is C14H19FO. The second-order valence-electron chi connectivity index (χ2n) is 4.40. The standard InChI is InChI=1S/C14H19FO/c1-4-5-10(2)14(16)9-12-6-7-13(15)8-11(12)3/h6-8,10H,4-5,9H2,1-3H3. The van der Waals surface area contributed by atoms with Gasteiger partial charge in [0.15, 0.2) is 0 Å². The first kappa shape index (κ1) is 12.9. The minimum absolute atomic E-state index is 0.106. The summed E-state index contributed by atoms with van der Waals surface area (Å²) in [4.78, 5) is 11.8. The van der Waals surface area contributed by atoms with Gasteiger partial charge in [0.25, 0.3) is 0 Å². The number of halogens is 1. The SMILES string of the molecule is CCCC(C)C(=O)Cc1ccc(F)cc1C. The summed E-state index contributed by atoms with van der Waals surface area (Å²) in [5.74, 6) is 0.112. The van der Waals surface area contributed by atoms with Crippen LogP contribution in [0.15, 0.2) is 18.2 Å². The van der Waals surface area contributed by atoms with E-state index < -0.39 is 0 Å². The Morgan fingerprint density at radius 2 is 2.12 bits per heavy atom. The van der Waals surface area contributed by atoms with Crippen LogP contribution in [0.4, 0.5) is 4.39 Å². The quantitative estimate of drug-likeness (QED) is 0.742. The van der Waals surface area contributed by atoms with Crippen LogP contribution in [-0.4, -0.2) is 5.78 Å². The first-order chi connectivity index (χ1) is 7.54. The molecule has 1 unspecified atom stereocenters. The molecule has 1 aromatic rings. The molecule has 0 aliphatic heterocycles. The number of ketones is 1. The summed E-state index contributed by atoms with van der Waals surface area (Å²) in [7, 11) is 0. The lowest BCUT2D eigenvalue weighted by Crippen LogP contribution is -2.14. The molecule has 0 amide bonds. The molecule has 0 aromatic heterocycles. The predicted octanol–water partition coefficient (Wildman–Crippen LogP) is 3.68. The Kier molecular flexibility index (Phi) is 4.66. The van der Waals surface area contributed by atoms with Crippen LogP contribution in [0, 0.1) is 18.7 Å². The topological polar surface area (TPSA) is 17.1 Å². The largest absolute Gasteiger partial charge is 0.299 e. The Morgan fingerprint density at radius 3 is 2.69 bits per heavy atom. The third-order valence-electron chi connectivity index (χ3n) is 2.94. The number of hydrogen-bond donors (Lipinski definition) is 0. The van der Waals surface area contributed by atoms with Gasteiger partial charge < -0.3 is 0 Å². The van der Waals surface area contributed by atoms with Gasteiger partial charge in [-0.2, -0.15) is 0 Å². The van der Waals surface area contributed by atoms with Crippen molar-refractivity contribution in [2.75, 3.05) is 0 Å². The fraction of sp³-hybridized carbons (Fsp3) is 0.500. The summed E-state index contributed by atoms with van der Waals surface area (Å²) < 4.78 is 12.9. The lowest BCUT2D eigenvalue weighted by Gasteiger charge is -2.10. The van der Waals surface area contributed by atoms with Gasteiger partial charge in [0.1, 0.15) is 11.6 Å². The molecule has 1 rings (SSSR count). The fourth-order valence-corrected chi connectivity index (χ4v) is 1.81. The number of rotatable bonds is 5. The molecule has 16 heavy (non-hydrogen) atoms. The highest BCUT2D eigenvalue weighted by atomic mass is 19.1. The van der Waals surface area contributed by atoms with Gasteiger partial charge in [0.05, 0.1) is 0 Å². The summed E-state index contributed by atoms with van der Waals surface area (Å²) in [5.41, 5.74) is 1.80. The Bertz CT molecular complexity index is 371. The van der Waals surface area contributed by atoms with Crippen molar-refractivity contribution in [1.29, 1.82) is 0 Å². The van der Waals surface area contributed by atoms with E-state index in [0.717, 1.165) is 24.0 Å². The number of benzene rings is 1. The molecule has 0 radical (unpaired) electrons. The van der Waals surface area contributed by atoms with Crippen molar-refractivity contribution in [3.05, 3.63) is 35.1 Å². The van der Waals surface area contributed by atoms with Crippen molar-refractivity contribution in [2.45, 2.75) is 40.0 Å². The molecule has 0 spiro atoms. The third-order valence-corrected chi connectivity index (χ3v) is 2.94. The van der Waals surface area contributed by atoms with E-state index in [1.54, 1.807) is 6.07 Å². The molecule has 1 aromatic carbocycles. The highest BCUT2D eigenvalue weighted by Crippen LogP contribution is 2.15. The number of carbonyl (C=O) groups is 1. The maximum atomic E-state index is 12.9. The maximum absolute atomic E-state index is 12.9. The molecule has 88 valence electrons. The van der Waals surface area contributed by atoms with Crippen LogP contribution < -0.4 is 0 Å². The van der Waals surface area contributed by atoms with Gasteiger partial charge in [-0.15, -0.1) is 0 Å². The van der Waals surface area contributed by atoms with E-state index >= 15 is 0 Å². The van der Waals surface area contributed by atoms with Crippen LogP contribution in [0.3, 0.4) is 0 Å². The normalized spacial score (nSPS) is 12.5. The van der Waals surface area contributed by atoms with Crippen molar-refractivity contribution < 1.29 is 9.18 Å². The molecule has 0 aliphatic carbocycles. The molecule has 0 saturated carbocycles. The number of aryl methyl sites for hydroxylation is 1. The second kappa shape index (κ2) is 5.78. The Hall–Kier alpha value is -1.18. The van der Waals surface area contributed by atoms with Crippen LogP contribution in [0.1, 0.15) is 37.8 Å². The lowest BCUT2D eigenvalue weighted by atomic mass is 9.94. The summed E-state index contributed by atoms with van der Waals surface area (Å²) in [6, 6.07) is 4.61. The van der Waals surface area contributed by atoms with Crippen molar-refractivity contribution >= 4 is 5.78 Å². The van der Waals surface area contributed by atoms with Crippen LogP contribution in [-0.2, 0) is 11.2 Å². The smallest absolute Gasteiger partial charge is 0.140 e. The highest BCUT2D eigenvalue weighted by Gasteiger charge is 2.13. The van der Waals surface area contributed by atoms with Gasteiger partial charge in [-0.1, -0.05) is 26.3 Å². The predicted molar refractivity (Wildman–Crippen MR) is 63.9 cm³/mol. The molecule has 1 nitrogen and oxygen atoms in total. The van der Waals surface area contributed by atoms with Crippen LogP contribution >= 0.6 is 0 Å². The summed E-state index contributed by atoms with van der Waals surface area (Å²) in [5, 5.41) is 0. The maximum Gasteiger partial charge on any atom is 0.140 e. The first-order valence-corrected chi connectivity index (χ1v) is 5.82. The minimum atomic E-state index is -0.240. The zero-order valence-corrected chi connectivity index (χ0v) is 10.2. The number of carbonyl (C=O) groups excluding carboxylic acids is 1. The molecule has 1 atom stereocenters. The van der Waals surface area contributed by atoms with Crippen molar-refractivity contribution in [3.8, 4) is 0 Å². The van der Waals surface area contributed by atoms with E-state index in [-0.39, 0.29) is 17.5 Å². The van der Waals surface area contributed by atoms with Gasteiger partial charge in [0.2, 0.25) is 0 Å².